The lowest BCUT2D eigenvalue weighted by Crippen LogP contribution is -2.16. The molecule has 0 saturated heterocycles. The maximum Gasteiger partial charge on any atom is 0.179 e. The zero-order valence-corrected chi connectivity index (χ0v) is 11.2. The van der Waals surface area contributed by atoms with Gasteiger partial charge in [-0.2, -0.15) is 0 Å². The Morgan fingerprint density at radius 3 is 2.63 bits per heavy atom. The zero-order chi connectivity index (χ0) is 13.6. The predicted molar refractivity (Wildman–Crippen MR) is 69.1 cm³/mol. The summed E-state index contributed by atoms with van der Waals surface area (Å²) in [7, 11) is 0. The molecule has 0 aromatic heterocycles. The highest BCUT2D eigenvalue weighted by molar-refractivity contribution is 6.32. The van der Waals surface area contributed by atoms with Crippen LogP contribution < -0.4 is 9.47 Å². The molecule has 100 valence electrons. The van der Waals surface area contributed by atoms with Crippen molar-refractivity contribution in [3.63, 3.8) is 0 Å². The number of hydrogen-bond donors (Lipinski definition) is 0. The lowest BCUT2D eigenvalue weighted by atomic mass is 10.0. The van der Waals surface area contributed by atoms with Gasteiger partial charge in [-0.05, 0) is 25.5 Å². The van der Waals surface area contributed by atoms with Gasteiger partial charge in [-0.15, -0.1) is 0 Å². The van der Waals surface area contributed by atoms with Crippen molar-refractivity contribution in [1.29, 1.82) is 0 Å². The summed E-state index contributed by atoms with van der Waals surface area (Å²) in [6, 6.07) is 3.24. The van der Waals surface area contributed by atoms with Crippen LogP contribution in [-0.4, -0.2) is 24.8 Å². The minimum Gasteiger partial charge on any atom is -0.486 e. The van der Waals surface area contributed by atoms with Gasteiger partial charge in [-0.3, -0.25) is 9.59 Å². The fourth-order valence-corrected chi connectivity index (χ4v) is 2.67. The molecule has 1 heterocycles. The van der Waals surface area contributed by atoms with Gasteiger partial charge in [0.15, 0.2) is 17.3 Å². The van der Waals surface area contributed by atoms with Crippen molar-refractivity contribution >= 4 is 23.2 Å². The standard InChI is InChI=1S/C14H13ClO4/c1-7(16)9-6-10(9)13(17)8-4-11(15)14-12(5-8)18-2-3-19-14/h4-5,9-10H,2-3,6H2,1H3/t9-,10-/m0/s1. The second-order valence-corrected chi connectivity index (χ2v) is 5.31. The van der Waals surface area contributed by atoms with Crippen LogP contribution in [0.25, 0.3) is 0 Å². The van der Waals surface area contributed by atoms with E-state index >= 15 is 0 Å². The van der Waals surface area contributed by atoms with E-state index in [2.05, 4.69) is 0 Å². The zero-order valence-electron chi connectivity index (χ0n) is 10.4. The summed E-state index contributed by atoms with van der Waals surface area (Å²) in [5.41, 5.74) is 0.489. The quantitative estimate of drug-likeness (QED) is 0.799. The average molecular weight is 281 g/mol. The van der Waals surface area contributed by atoms with Crippen LogP contribution in [0.5, 0.6) is 11.5 Å². The summed E-state index contributed by atoms with van der Waals surface area (Å²) in [6.45, 7) is 2.42. The summed E-state index contributed by atoms with van der Waals surface area (Å²) in [6.07, 6.45) is 0.639. The molecule has 0 bridgehead atoms. The minimum atomic E-state index is -0.198. The molecule has 1 aliphatic carbocycles. The minimum absolute atomic E-state index is 0.0425. The highest BCUT2D eigenvalue weighted by Gasteiger charge is 2.46. The number of fused-ring (bicyclic) bond motifs is 1. The second kappa shape index (κ2) is 4.53. The van der Waals surface area contributed by atoms with Gasteiger partial charge < -0.3 is 9.47 Å². The van der Waals surface area contributed by atoms with E-state index in [0.717, 1.165) is 0 Å². The van der Waals surface area contributed by atoms with Crippen LogP contribution in [0.15, 0.2) is 12.1 Å². The molecule has 1 saturated carbocycles. The van der Waals surface area contributed by atoms with E-state index < -0.39 is 0 Å². The van der Waals surface area contributed by atoms with Crippen LogP contribution >= 0.6 is 11.6 Å². The number of ketones is 2. The number of hydrogen-bond acceptors (Lipinski definition) is 4. The third-order valence-corrected chi connectivity index (χ3v) is 3.81. The fraction of sp³-hybridized carbons (Fsp3) is 0.429. The highest BCUT2D eigenvalue weighted by Crippen LogP contribution is 2.44. The maximum atomic E-state index is 12.3. The van der Waals surface area contributed by atoms with Gasteiger partial charge in [-0.25, -0.2) is 0 Å². The van der Waals surface area contributed by atoms with E-state index in [-0.39, 0.29) is 23.4 Å². The van der Waals surface area contributed by atoms with Crippen LogP contribution in [-0.2, 0) is 4.79 Å². The Morgan fingerprint density at radius 1 is 1.21 bits per heavy atom. The smallest absolute Gasteiger partial charge is 0.179 e. The van der Waals surface area contributed by atoms with E-state index in [4.69, 9.17) is 21.1 Å². The summed E-state index contributed by atoms with van der Waals surface area (Å²) >= 11 is 6.09. The van der Waals surface area contributed by atoms with Crippen molar-refractivity contribution in [1.82, 2.24) is 0 Å². The van der Waals surface area contributed by atoms with Gasteiger partial charge in [0.25, 0.3) is 0 Å². The molecule has 1 fully saturated rings. The molecule has 3 rings (SSSR count). The van der Waals surface area contributed by atoms with Crippen molar-refractivity contribution in [3.05, 3.63) is 22.7 Å². The van der Waals surface area contributed by atoms with Crippen molar-refractivity contribution in [3.8, 4) is 11.5 Å². The molecule has 0 amide bonds. The molecular formula is C14H13ClO4. The van der Waals surface area contributed by atoms with Crippen molar-refractivity contribution in [2.45, 2.75) is 13.3 Å². The Hall–Kier alpha value is -1.55. The van der Waals surface area contributed by atoms with Gasteiger partial charge in [0.2, 0.25) is 0 Å². The van der Waals surface area contributed by atoms with E-state index in [1.165, 1.54) is 6.92 Å². The van der Waals surface area contributed by atoms with Crippen molar-refractivity contribution in [2.24, 2.45) is 11.8 Å². The molecular weight excluding hydrogens is 268 g/mol. The van der Waals surface area contributed by atoms with E-state index in [9.17, 15) is 9.59 Å². The number of carbonyl (C=O) groups excluding carboxylic acids is 2. The third-order valence-electron chi connectivity index (χ3n) is 3.53. The Bertz CT molecular complexity index is 567. The first-order valence-corrected chi connectivity index (χ1v) is 6.59. The van der Waals surface area contributed by atoms with Gasteiger partial charge >= 0.3 is 0 Å². The largest absolute Gasteiger partial charge is 0.486 e. The summed E-state index contributed by atoms with van der Waals surface area (Å²) in [4.78, 5) is 23.5. The molecule has 4 nitrogen and oxygen atoms in total. The Kier molecular flexibility index (Phi) is 2.97. The van der Waals surface area contributed by atoms with Crippen LogP contribution in [0.2, 0.25) is 5.02 Å². The number of ether oxygens (including phenoxy) is 2. The molecule has 2 atom stereocenters. The number of halogens is 1. The molecule has 0 unspecified atom stereocenters. The average Bonchev–Trinajstić information content (AvgIpc) is 3.18. The third kappa shape index (κ3) is 2.21. The summed E-state index contributed by atoms with van der Waals surface area (Å²) in [5, 5.41) is 0.376. The van der Waals surface area contributed by atoms with Gasteiger partial charge in [0.05, 0.1) is 5.02 Å². The molecule has 0 spiro atoms. The predicted octanol–water partition coefficient (Wildman–Crippen LogP) is 2.52. The molecule has 1 aromatic carbocycles. The topological polar surface area (TPSA) is 52.6 Å². The lowest BCUT2D eigenvalue weighted by Gasteiger charge is -2.20. The number of carbonyl (C=O) groups is 2. The van der Waals surface area contributed by atoms with E-state index in [1.54, 1.807) is 12.1 Å². The molecule has 0 radical (unpaired) electrons. The van der Waals surface area contributed by atoms with Crippen molar-refractivity contribution < 1.29 is 19.1 Å². The first kappa shape index (κ1) is 12.5. The van der Waals surface area contributed by atoms with Gasteiger partial charge in [-0.1, -0.05) is 11.6 Å². The lowest BCUT2D eigenvalue weighted by molar-refractivity contribution is -0.118. The Labute approximate surface area is 115 Å². The molecule has 19 heavy (non-hydrogen) atoms. The van der Waals surface area contributed by atoms with E-state index in [1.807, 2.05) is 0 Å². The maximum absolute atomic E-state index is 12.3. The normalized spacial score (nSPS) is 23.9. The van der Waals surface area contributed by atoms with Crippen molar-refractivity contribution in [2.75, 3.05) is 13.2 Å². The molecule has 1 aromatic rings. The number of benzene rings is 1. The molecule has 0 N–H and O–H groups in total. The summed E-state index contributed by atoms with van der Waals surface area (Å²) < 4.78 is 10.8. The monoisotopic (exact) mass is 280 g/mol. The highest BCUT2D eigenvalue weighted by atomic mass is 35.5. The SMILES string of the molecule is CC(=O)[C@@H]1C[C@@H]1C(=O)c1cc(Cl)c2c(c1)OCCO2. The Balaban J connectivity index is 1.88. The van der Waals surface area contributed by atoms with Gasteiger partial charge in [0.1, 0.15) is 19.0 Å². The second-order valence-electron chi connectivity index (χ2n) is 4.91. The van der Waals surface area contributed by atoms with Crippen LogP contribution in [0.3, 0.4) is 0 Å². The van der Waals surface area contributed by atoms with Crippen LogP contribution in [0.1, 0.15) is 23.7 Å². The first-order chi connectivity index (χ1) is 9.08. The molecule has 5 heteroatoms. The van der Waals surface area contributed by atoms with Gasteiger partial charge in [0, 0.05) is 17.4 Å². The number of Topliss-reactive ketones (excluding diaryl/α,β-unsaturated/α-hetero) is 2. The fourth-order valence-electron chi connectivity index (χ4n) is 2.40. The first-order valence-electron chi connectivity index (χ1n) is 6.21. The summed E-state index contributed by atoms with van der Waals surface area (Å²) in [5.74, 6) is 0.696. The number of rotatable bonds is 3. The van der Waals surface area contributed by atoms with Crippen LogP contribution in [0, 0.1) is 11.8 Å². The Morgan fingerprint density at radius 2 is 1.95 bits per heavy atom. The van der Waals surface area contributed by atoms with Crippen LogP contribution in [0.4, 0.5) is 0 Å². The van der Waals surface area contributed by atoms with E-state index in [0.29, 0.717) is 41.7 Å². The molecule has 1 aliphatic heterocycles. The molecule has 2 aliphatic rings.